The average Bonchev–Trinajstić information content (AvgIpc) is 2.48. The van der Waals surface area contributed by atoms with E-state index in [0.29, 0.717) is 18.7 Å². The second kappa shape index (κ2) is 7.13. The van der Waals surface area contributed by atoms with Crippen LogP contribution in [0.3, 0.4) is 0 Å². The van der Waals surface area contributed by atoms with Crippen LogP contribution >= 0.6 is 0 Å². The molecule has 21 heavy (non-hydrogen) atoms. The summed E-state index contributed by atoms with van der Waals surface area (Å²) in [6.45, 7) is 3.12. The lowest BCUT2D eigenvalue weighted by atomic mass is 10.1. The second-order valence-electron chi connectivity index (χ2n) is 4.88. The van der Waals surface area contributed by atoms with Gasteiger partial charge in [-0.05, 0) is 19.0 Å². The third kappa shape index (κ3) is 3.98. The second-order valence-corrected chi connectivity index (χ2v) is 4.88. The molecule has 1 N–H and O–H groups in total. The third-order valence-electron chi connectivity index (χ3n) is 3.25. The molecule has 0 spiro atoms. The van der Waals surface area contributed by atoms with Crippen molar-refractivity contribution < 1.29 is 8.78 Å². The van der Waals surface area contributed by atoms with Crippen LogP contribution in [-0.4, -0.2) is 11.1 Å². The van der Waals surface area contributed by atoms with Crippen molar-refractivity contribution in [2.24, 2.45) is 0 Å². The highest BCUT2D eigenvalue weighted by molar-refractivity contribution is 5.22. The maximum atomic E-state index is 14.0. The molecule has 0 saturated carbocycles. The Balaban J connectivity index is 2.27. The zero-order chi connectivity index (χ0) is 15.2. The summed E-state index contributed by atoms with van der Waals surface area (Å²) in [5.74, 6) is -1.68. The van der Waals surface area contributed by atoms with E-state index < -0.39 is 11.6 Å². The van der Waals surface area contributed by atoms with Crippen LogP contribution in [0, 0.1) is 11.6 Å². The van der Waals surface area contributed by atoms with Gasteiger partial charge in [-0.25, -0.2) is 8.78 Å². The molecule has 0 aliphatic carbocycles. The van der Waals surface area contributed by atoms with Gasteiger partial charge < -0.3 is 9.88 Å². The van der Waals surface area contributed by atoms with Crippen LogP contribution in [0.25, 0.3) is 0 Å². The predicted octanol–water partition coefficient (Wildman–Crippen LogP) is 2.87. The highest BCUT2D eigenvalue weighted by atomic mass is 19.2. The number of halogens is 2. The number of aromatic nitrogens is 1. The minimum Gasteiger partial charge on any atom is -0.352 e. The van der Waals surface area contributed by atoms with Gasteiger partial charge >= 0.3 is 0 Å². The molecular formula is C16H18F2N2O. The zero-order valence-corrected chi connectivity index (χ0v) is 11.9. The van der Waals surface area contributed by atoms with Crippen LogP contribution in [-0.2, 0) is 6.54 Å². The van der Waals surface area contributed by atoms with E-state index in [2.05, 4.69) is 5.32 Å². The lowest BCUT2D eigenvalue weighted by Gasteiger charge is -2.21. The molecule has 0 bridgehead atoms. The minimum absolute atomic E-state index is 0.0822. The molecule has 0 fully saturated rings. The number of hydrogen-bond acceptors (Lipinski definition) is 2. The van der Waals surface area contributed by atoms with Crippen molar-refractivity contribution in [3.05, 3.63) is 70.1 Å². The number of nitrogens with one attached hydrogen (secondary N) is 1. The van der Waals surface area contributed by atoms with Gasteiger partial charge in [-0.1, -0.05) is 19.1 Å². The summed E-state index contributed by atoms with van der Waals surface area (Å²) in [5.41, 5.74) is 0.211. The van der Waals surface area contributed by atoms with Crippen LogP contribution < -0.4 is 10.7 Å². The molecule has 1 heterocycles. The molecule has 112 valence electrons. The number of rotatable bonds is 6. The van der Waals surface area contributed by atoms with Gasteiger partial charge in [0.05, 0.1) is 6.04 Å². The molecule has 0 aliphatic heterocycles. The Kier molecular flexibility index (Phi) is 5.22. The van der Waals surface area contributed by atoms with Crippen molar-refractivity contribution >= 4 is 0 Å². The molecule has 0 amide bonds. The normalized spacial score (nSPS) is 12.3. The monoisotopic (exact) mass is 292 g/mol. The number of pyridine rings is 1. The molecule has 0 radical (unpaired) electrons. The molecule has 3 nitrogen and oxygen atoms in total. The van der Waals surface area contributed by atoms with Gasteiger partial charge in [-0.2, -0.15) is 0 Å². The van der Waals surface area contributed by atoms with Crippen LogP contribution in [0.5, 0.6) is 0 Å². The molecular weight excluding hydrogens is 274 g/mol. The summed E-state index contributed by atoms with van der Waals surface area (Å²) < 4.78 is 29.2. The highest BCUT2D eigenvalue weighted by Gasteiger charge is 2.17. The first-order valence-corrected chi connectivity index (χ1v) is 6.95. The Morgan fingerprint density at radius 3 is 2.57 bits per heavy atom. The summed E-state index contributed by atoms with van der Waals surface area (Å²) in [5, 5.41) is 3.21. The maximum Gasteiger partial charge on any atom is 0.181 e. The molecule has 2 aromatic rings. The predicted molar refractivity (Wildman–Crippen MR) is 78.1 cm³/mol. The number of hydrogen-bond donors (Lipinski definition) is 1. The van der Waals surface area contributed by atoms with E-state index in [9.17, 15) is 13.6 Å². The van der Waals surface area contributed by atoms with Crippen molar-refractivity contribution in [1.82, 2.24) is 9.88 Å². The van der Waals surface area contributed by atoms with Crippen LogP contribution in [0.4, 0.5) is 8.78 Å². The first-order chi connectivity index (χ1) is 10.1. The largest absolute Gasteiger partial charge is 0.352 e. The Morgan fingerprint density at radius 2 is 1.90 bits per heavy atom. The summed E-state index contributed by atoms with van der Waals surface area (Å²) >= 11 is 0. The Labute approximate surface area is 122 Å². The lowest BCUT2D eigenvalue weighted by Crippen LogP contribution is -2.27. The molecule has 5 heteroatoms. The van der Waals surface area contributed by atoms with Crippen LogP contribution in [0.1, 0.15) is 24.9 Å². The van der Waals surface area contributed by atoms with Crippen molar-refractivity contribution in [1.29, 1.82) is 0 Å². The summed E-state index contributed by atoms with van der Waals surface area (Å²) in [4.78, 5) is 11.1. The third-order valence-corrected chi connectivity index (χ3v) is 3.25. The summed E-state index contributed by atoms with van der Waals surface area (Å²) in [6, 6.07) is 6.71. The molecule has 1 aromatic carbocycles. The molecule has 1 aromatic heterocycles. The maximum absolute atomic E-state index is 14.0. The number of nitrogens with zero attached hydrogens (tertiary/aromatic N) is 1. The van der Waals surface area contributed by atoms with Crippen LogP contribution in [0.15, 0.2) is 47.5 Å². The van der Waals surface area contributed by atoms with Crippen LogP contribution in [0.2, 0.25) is 0 Å². The van der Waals surface area contributed by atoms with Gasteiger partial charge in [0.1, 0.15) is 0 Å². The zero-order valence-electron chi connectivity index (χ0n) is 11.9. The first-order valence-electron chi connectivity index (χ1n) is 6.95. The van der Waals surface area contributed by atoms with Gasteiger partial charge in [-0.3, -0.25) is 4.79 Å². The molecule has 2 rings (SSSR count). The van der Waals surface area contributed by atoms with Gasteiger partial charge in [0.2, 0.25) is 0 Å². The van der Waals surface area contributed by atoms with Gasteiger partial charge in [0.25, 0.3) is 0 Å². The van der Waals surface area contributed by atoms with E-state index in [0.717, 1.165) is 12.5 Å². The van der Waals surface area contributed by atoms with Crippen molar-refractivity contribution in [2.45, 2.75) is 25.9 Å². The van der Waals surface area contributed by atoms with E-state index >= 15 is 0 Å². The van der Waals surface area contributed by atoms with E-state index in [1.165, 1.54) is 18.2 Å². The summed E-state index contributed by atoms with van der Waals surface area (Å²) in [6.07, 6.45) is 4.16. The van der Waals surface area contributed by atoms with Gasteiger partial charge in [0.15, 0.2) is 17.1 Å². The average molecular weight is 292 g/mol. The van der Waals surface area contributed by atoms with E-state index in [-0.39, 0.29) is 11.5 Å². The molecule has 0 saturated heterocycles. The summed E-state index contributed by atoms with van der Waals surface area (Å²) in [7, 11) is 0. The smallest absolute Gasteiger partial charge is 0.181 e. The topological polar surface area (TPSA) is 34.0 Å². The van der Waals surface area contributed by atoms with E-state index in [1.807, 2.05) is 6.92 Å². The SMILES string of the molecule is CCCNC(Cn1ccc(=O)cc1)c1cccc(F)c1F. The molecule has 0 aliphatic rings. The number of benzene rings is 1. The van der Waals surface area contributed by atoms with Crippen molar-refractivity contribution in [3.63, 3.8) is 0 Å². The van der Waals surface area contributed by atoms with Gasteiger partial charge in [-0.15, -0.1) is 0 Å². The quantitative estimate of drug-likeness (QED) is 0.888. The Hall–Kier alpha value is -2.01. The van der Waals surface area contributed by atoms with E-state index in [4.69, 9.17) is 0 Å². The Morgan fingerprint density at radius 1 is 1.19 bits per heavy atom. The highest BCUT2D eigenvalue weighted by Crippen LogP contribution is 2.21. The van der Waals surface area contributed by atoms with Crippen molar-refractivity contribution in [2.75, 3.05) is 6.54 Å². The fourth-order valence-corrected chi connectivity index (χ4v) is 2.16. The fraction of sp³-hybridized carbons (Fsp3) is 0.312. The fourth-order valence-electron chi connectivity index (χ4n) is 2.16. The first kappa shape index (κ1) is 15.4. The van der Waals surface area contributed by atoms with Gasteiger partial charge in [0, 0.05) is 36.6 Å². The standard InChI is InChI=1S/C16H18F2N2O/c1-2-8-19-15(11-20-9-6-12(21)7-10-20)13-4-3-5-14(17)16(13)18/h3-7,9-10,15,19H,2,8,11H2,1H3. The Bertz CT molecular complexity index is 634. The molecule has 1 atom stereocenters. The van der Waals surface area contributed by atoms with Crippen molar-refractivity contribution in [3.8, 4) is 0 Å². The lowest BCUT2D eigenvalue weighted by molar-refractivity contribution is 0.425. The minimum atomic E-state index is -0.851. The molecule has 1 unspecified atom stereocenters. The van der Waals surface area contributed by atoms with E-state index in [1.54, 1.807) is 23.0 Å².